The highest BCUT2D eigenvalue weighted by molar-refractivity contribution is 5.31. The average molecular weight is 235 g/mol. The lowest BCUT2D eigenvalue weighted by Crippen LogP contribution is -2.37. The lowest BCUT2D eigenvalue weighted by atomic mass is 9.97. The van der Waals surface area contributed by atoms with Crippen molar-refractivity contribution >= 4 is 0 Å². The van der Waals surface area contributed by atoms with Crippen LogP contribution >= 0.6 is 0 Å². The van der Waals surface area contributed by atoms with Gasteiger partial charge >= 0.3 is 0 Å². The molecule has 1 aromatic rings. The van der Waals surface area contributed by atoms with Gasteiger partial charge in [-0.15, -0.1) is 0 Å². The van der Waals surface area contributed by atoms with Crippen LogP contribution in [0.5, 0.6) is 0 Å². The van der Waals surface area contributed by atoms with E-state index in [4.69, 9.17) is 9.84 Å². The number of benzene rings is 1. The van der Waals surface area contributed by atoms with Crippen molar-refractivity contribution < 1.29 is 9.84 Å². The summed E-state index contributed by atoms with van der Waals surface area (Å²) in [5, 5.41) is 9.15. The Kier molecular flexibility index (Phi) is 4.15. The van der Waals surface area contributed by atoms with Gasteiger partial charge in [-0.05, 0) is 31.5 Å². The zero-order valence-corrected chi connectivity index (χ0v) is 10.6. The summed E-state index contributed by atoms with van der Waals surface area (Å²) in [6.07, 6.45) is 1.14. The summed E-state index contributed by atoms with van der Waals surface area (Å²) in [6.45, 7) is 3.83. The van der Waals surface area contributed by atoms with E-state index in [-0.39, 0.29) is 18.8 Å². The van der Waals surface area contributed by atoms with E-state index in [9.17, 15) is 0 Å². The lowest BCUT2D eigenvalue weighted by Gasteiger charge is -2.31. The molecule has 1 heterocycles. The summed E-state index contributed by atoms with van der Waals surface area (Å²) in [6, 6.07) is 8.65. The summed E-state index contributed by atoms with van der Waals surface area (Å²) in [5.74, 6) is 0. The number of likely N-dealkylation sites (N-methyl/N-ethyl adjacent to an activating group) is 1. The first-order valence-corrected chi connectivity index (χ1v) is 6.23. The molecule has 0 spiro atoms. The maximum Gasteiger partial charge on any atom is 0.0954 e. The van der Waals surface area contributed by atoms with E-state index in [0.717, 1.165) is 19.6 Å². The summed E-state index contributed by atoms with van der Waals surface area (Å²) in [5.41, 5.74) is 2.70. The molecule has 2 rings (SSSR count). The second-order valence-corrected chi connectivity index (χ2v) is 4.78. The first kappa shape index (κ1) is 12.6. The van der Waals surface area contributed by atoms with E-state index >= 15 is 0 Å². The molecule has 0 saturated heterocycles. The van der Waals surface area contributed by atoms with Crippen molar-refractivity contribution in [2.45, 2.75) is 25.5 Å². The van der Waals surface area contributed by atoms with Crippen LogP contribution in [0.2, 0.25) is 0 Å². The normalized spacial score (nSPS) is 21.3. The molecule has 1 aliphatic rings. The van der Waals surface area contributed by atoms with Crippen LogP contribution in [-0.2, 0) is 11.2 Å². The predicted octanol–water partition coefficient (Wildman–Crippen LogP) is 1.61. The highest BCUT2D eigenvalue weighted by Crippen LogP contribution is 2.27. The Morgan fingerprint density at radius 2 is 2.24 bits per heavy atom. The molecule has 3 heteroatoms. The van der Waals surface area contributed by atoms with Crippen LogP contribution in [0.15, 0.2) is 24.3 Å². The number of hydrogen-bond acceptors (Lipinski definition) is 3. The van der Waals surface area contributed by atoms with Gasteiger partial charge in [0.25, 0.3) is 0 Å². The average Bonchev–Trinajstić information content (AvgIpc) is 2.38. The van der Waals surface area contributed by atoms with E-state index in [1.807, 2.05) is 14.0 Å². The van der Waals surface area contributed by atoms with Crippen LogP contribution in [0.4, 0.5) is 0 Å². The van der Waals surface area contributed by atoms with Gasteiger partial charge in [0.2, 0.25) is 0 Å². The van der Waals surface area contributed by atoms with Crippen LogP contribution in [0.1, 0.15) is 24.2 Å². The number of hydrogen-bond donors (Lipinski definition) is 1. The third-order valence-corrected chi connectivity index (χ3v) is 3.56. The zero-order valence-electron chi connectivity index (χ0n) is 10.6. The number of nitrogens with zero attached hydrogens (tertiary/aromatic N) is 1. The SMILES string of the molecule is CC(CO)N(C)CC1OCCc2ccccc21. The van der Waals surface area contributed by atoms with Crippen molar-refractivity contribution in [2.24, 2.45) is 0 Å². The molecule has 17 heavy (non-hydrogen) atoms. The molecule has 0 aliphatic carbocycles. The molecule has 0 fully saturated rings. The second kappa shape index (κ2) is 5.63. The van der Waals surface area contributed by atoms with E-state index in [2.05, 4.69) is 29.2 Å². The first-order chi connectivity index (χ1) is 8.22. The first-order valence-electron chi connectivity index (χ1n) is 6.23. The quantitative estimate of drug-likeness (QED) is 0.860. The molecular weight excluding hydrogens is 214 g/mol. The van der Waals surface area contributed by atoms with E-state index < -0.39 is 0 Å². The van der Waals surface area contributed by atoms with Crippen LogP contribution in [0, 0.1) is 0 Å². The molecule has 3 nitrogen and oxygen atoms in total. The molecule has 0 radical (unpaired) electrons. The predicted molar refractivity (Wildman–Crippen MR) is 68.0 cm³/mol. The fourth-order valence-electron chi connectivity index (χ4n) is 2.21. The Morgan fingerprint density at radius 3 is 3.00 bits per heavy atom. The summed E-state index contributed by atoms with van der Waals surface area (Å²) >= 11 is 0. The molecule has 1 aliphatic heterocycles. The maximum absolute atomic E-state index is 9.15. The highest BCUT2D eigenvalue weighted by Gasteiger charge is 2.22. The molecule has 1 aromatic carbocycles. The zero-order chi connectivity index (χ0) is 12.3. The van der Waals surface area contributed by atoms with Crippen molar-refractivity contribution in [2.75, 3.05) is 26.8 Å². The molecule has 2 unspecified atom stereocenters. The van der Waals surface area contributed by atoms with E-state index in [1.165, 1.54) is 11.1 Å². The van der Waals surface area contributed by atoms with E-state index in [1.54, 1.807) is 0 Å². The van der Waals surface area contributed by atoms with Crippen molar-refractivity contribution in [1.82, 2.24) is 4.90 Å². The minimum absolute atomic E-state index is 0.138. The summed E-state index contributed by atoms with van der Waals surface area (Å²) in [4.78, 5) is 2.15. The number of aliphatic hydroxyl groups excluding tert-OH is 1. The smallest absolute Gasteiger partial charge is 0.0954 e. The minimum Gasteiger partial charge on any atom is -0.395 e. The van der Waals surface area contributed by atoms with Crippen LogP contribution < -0.4 is 0 Å². The Balaban J connectivity index is 2.08. The molecule has 0 saturated carbocycles. The summed E-state index contributed by atoms with van der Waals surface area (Å²) in [7, 11) is 2.03. The van der Waals surface area contributed by atoms with Gasteiger partial charge < -0.3 is 9.84 Å². The van der Waals surface area contributed by atoms with Gasteiger partial charge in [0, 0.05) is 12.6 Å². The Bertz CT molecular complexity index is 367. The minimum atomic E-state index is 0.138. The molecule has 1 N–H and O–H groups in total. The molecule has 2 atom stereocenters. The largest absolute Gasteiger partial charge is 0.395 e. The highest BCUT2D eigenvalue weighted by atomic mass is 16.5. The maximum atomic E-state index is 9.15. The second-order valence-electron chi connectivity index (χ2n) is 4.78. The standard InChI is InChI=1S/C14H21NO2/c1-11(10-16)15(2)9-14-13-6-4-3-5-12(13)7-8-17-14/h3-6,11,14,16H,7-10H2,1-2H3. The van der Waals surface area contributed by atoms with Gasteiger partial charge in [-0.25, -0.2) is 0 Å². The van der Waals surface area contributed by atoms with Crippen molar-refractivity contribution in [1.29, 1.82) is 0 Å². The Labute approximate surface area is 103 Å². The van der Waals surface area contributed by atoms with Crippen molar-refractivity contribution in [3.05, 3.63) is 35.4 Å². The van der Waals surface area contributed by atoms with Crippen molar-refractivity contribution in [3.8, 4) is 0 Å². The molecule has 0 aromatic heterocycles. The molecule has 94 valence electrons. The Morgan fingerprint density at radius 1 is 1.47 bits per heavy atom. The fraction of sp³-hybridized carbons (Fsp3) is 0.571. The van der Waals surface area contributed by atoms with Gasteiger partial charge in [-0.2, -0.15) is 0 Å². The van der Waals surface area contributed by atoms with Gasteiger partial charge in [-0.3, -0.25) is 4.90 Å². The van der Waals surface area contributed by atoms with Crippen LogP contribution in [0.3, 0.4) is 0 Å². The monoisotopic (exact) mass is 235 g/mol. The van der Waals surface area contributed by atoms with Crippen molar-refractivity contribution in [3.63, 3.8) is 0 Å². The summed E-state index contributed by atoms with van der Waals surface area (Å²) < 4.78 is 5.85. The van der Waals surface area contributed by atoms with Gasteiger partial charge in [-0.1, -0.05) is 24.3 Å². The number of rotatable bonds is 4. The number of ether oxygens (including phenoxy) is 1. The topological polar surface area (TPSA) is 32.7 Å². The fourth-order valence-corrected chi connectivity index (χ4v) is 2.21. The third kappa shape index (κ3) is 2.86. The number of aliphatic hydroxyl groups is 1. The van der Waals surface area contributed by atoms with Gasteiger partial charge in [0.1, 0.15) is 0 Å². The van der Waals surface area contributed by atoms with Gasteiger partial charge in [0.15, 0.2) is 0 Å². The van der Waals surface area contributed by atoms with Crippen LogP contribution in [-0.4, -0.2) is 42.9 Å². The molecule has 0 bridgehead atoms. The molecular formula is C14H21NO2. The van der Waals surface area contributed by atoms with Crippen LogP contribution in [0.25, 0.3) is 0 Å². The third-order valence-electron chi connectivity index (χ3n) is 3.56. The van der Waals surface area contributed by atoms with E-state index in [0.29, 0.717) is 0 Å². The lowest BCUT2D eigenvalue weighted by molar-refractivity contribution is 0.00888. The number of fused-ring (bicyclic) bond motifs is 1. The van der Waals surface area contributed by atoms with Gasteiger partial charge in [0.05, 0.1) is 19.3 Å². The molecule has 0 amide bonds. The Hall–Kier alpha value is -0.900.